The highest BCUT2D eigenvalue weighted by molar-refractivity contribution is 7.99. The minimum Gasteiger partial charge on any atom is -0.293 e. The van der Waals surface area contributed by atoms with Crippen LogP contribution in [0.4, 0.5) is 0 Å². The number of aromatic nitrogens is 3. The molecule has 0 spiro atoms. The standard InChI is InChI=1S/C21H25N3OS/c1-12-6-7-14(10-13(12)2)16(25)11-26-19-22-18-17(23-24-19)15-8-9-21(18,5)20(15,3)4/h6-7,10,15H,8-9,11H2,1-5H3. The Morgan fingerprint density at radius 1 is 1.19 bits per heavy atom. The van der Waals surface area contributed by atoms with Gasteiger partial charge in [-0.2, -0.15) is 5.10 Å². The number of nitrogens with zero attached hydrogens (tertiary/aromatic N) is 3. The van der Waals surface area contributed by atoms with Gasteiger partial charge in [0.05, 0.1) is 17.1 Å². The van der Waals surface area contributed by atoms with Crippen LogP contribution in [-0.4, -0.2) is 26.7 Å². The number of aryl methyl sites for hydroxylation is 2. The number of benzene rings is 1. The van der Waals surface area contributed by atoms with Crippen molar-refractivity contribution in [3.63, 3.8) is 0 Å². The molecule has 2 unspecified atom stereocenters. The molecule has 26 heavy (non-hydrogen) atoms. The van der Waals surface area contributed by atoms with Gasteiger partial charge in [0.2, 0.25) is 5.16 Å². The first-order valence-corrected chi connectivity index (χ1v) is 10.2. The molecular formula is C21H25N3OS. The molecule has 1 saturated carbocycles. The van der Waals surface area contributed by atoms with E-state index in [0.29, 0.717) is 16.8 Å². The maximum absolute atomic E-state index is 12.5. The monoisotopic (exact) mass is 367 g/mol. The van der Waals surface area contributed by atoms with Gasteiger partial charge in [0.15, 0.2) is 5.78 Å². The number of fused-ring (bicyclic) bond motifs is 5. The van der Waals surface area contributed by atoms with Crippen LogP contribution in [0.3, 0.4) is 0 Å². The Morgan fingerprint density at radius 3 is 2.69 bits per heavy atom. The summed E-state index contributed by atoms with van der Waals surface area (Å²) >= 11 is 1.39. The van der Waals surface area contributed by atoms with Gasteiger partial charge in [-0.1, -0.05) is 44.7 Å². The van der Waals surface area contributed by atoms with Crippen molar-refractivity contribution in [1.82, 2.24) is 15.2 Å². The Labute approximate surface area is 159 Å². The highest BCUT2D eigenvalue weighted by atomic mass is 32.2. The second kappa shape index (κ2) is 5.88. The number of Topliss-reactive ketones (excluding diaryl/α,β-unsaturated/α-hetero) is 1. The number of hydrogen-bond acceptors (Lipinski definition) is 5. The fourth-order valence-corrected chi connectivity index (χ4v) is 5.23. The molecule has 2 aromatic rings. The van der Waals surface area contributed by atoms with Crippen LogP contribution in [0.5, 0.6) is 0 Å². The van der Waals surface area contributed by atoms with E-state index in [1.165, 1.54) is 23.7 Å². The molecule has 2 aliphatic rings. The van der Waals surface area contributed by atoms with E-state index >= 15 is 0 Å². The minimum atomic E-state index is 0.0658. The van der Waals surface area contributed by atoms with Gasteiger partial charge in [0.1, 0.15) is 0 Å². The summed E-state index contributed by atoms with van der Waals surface area (Å²) in [6, 6.07) is 5.86. The predicted molar refractivity (Wildman–Crippen MR) is 104 cm³/mol. The van der Waals surface area contributed by atoms with Crippen LogP contribution in [0.15, 0.2) is 23.4 Å². The summed E-state index contributed by atoms with van der Waals surface area (Å²) in [6.07, 6.45) is 2.33. The van der Waals surface area contributed by atoms with E-state index < -0.39 is 0 Å². The van der Waals surface area contributed by atoms with Crippen molar-refractivity contribution in [1.29, 1.82) is 0 Å². The molecule has 0 N–H and O–H groups in total. The van der Waals surface area contributed by atoms with E-state index in [-0.39, 0.29) is 16.6 Å². The SMILES string of the molecule is Cc1ccc(C(=O)CSc2nnc3c(n2)C2(C)CCC3C2(C)C)cc1C. The molecule has 0 radical (unpaired) electrons. The molecule has 1 heterocycles. The van der Waals surface area contributed by atoms with E-state index in [1.54, 1.807) is 0 Å². The minimum absolute atomic E-state index is 0.0658. The van der Waals surface area contributed by atoms with Crippen LogP contribution in [0.1, 0.15) is 72.4 Å². The molecule has 136 valence electrons. The van der Waals surface area contributed by atoms with Crippen molar-refractivity contribution in [3.05, 3.63) is 46.3 Å². The fraction of sp³-hybridized carbons (Fsp3) is 0.524. The molecule has 0 saturated heterocycles. The third kappa shape index (κ3) is 2.43. The number of carbonyl (C=O) groups excluding carboxylic acids is 1. The predicted octanol–water partition coefficient (Wildman–Crippen LogP) is 4.64. The zero-order valence-corrected chi connectivity index (χ0v) is 16.9. The Kier molecular flexibility index (Phi) is 3.99. The second-order valence-corrected chi connectivity index (χ2v) is 9.43. The highest BCUT2D eigenvalue weighted by Gasteiger charge is 2.61. The second-order valence-electron chi connectivity index (χ2n) is 8.48. The van der Waals surface area contributed by atoms with Crippen LogP contribution in [0.2, 0.25) is 0 Å². The molecule has 4 nitrogen and oxygen atoms in total. The maximum atomic E-state index is 12.5. The lowest BCUT2D eigenvalue weighted by molar-refractivity contribution is 0.102. The summed E-state index contributed by atoms with van der Waals surface area (Å²) in [7, 11) is 0. The van der Waals surface area contributed by atoms with Crippen molar-refractivity contribution in [2.24, 2.45) is 5.41 Å². The summed E-state index contributed by atoms with van der Waals surface area (Å²) in [5.74, 6) is 0.904. The van der Waals surface area contributed by atoms with Crippen LogP contribution in [0.25, 0.3) is 0 Å². The lowest BCUT2D eigenvalue weighted by atomic mass is 9.70. The Balaban J connectivity index is 1.53. The van der Waals surface area contributed by atoms with Gasteiger partial charge in [-0.3, -0.25) is 4.79 Å². The highest BCUT2D eigenvalue weighted by Crippen LogP contribution is 2.66. The Morgan fingerprint density at radius 2 is 1.96 bits per heavy atom. The first-order valence-electron chi connectivity index (χ1n) is 9.22. The van der Waals surface area contributed by atoms with E-state index in [1.807, 2.05) is 25.1 Å². The molecular weight excluding hydrogens is 342 g/mol. The average molecular weight is 368 g/mol. The topological polar surface area (TPSA) is 55.7 Å². The normalized spacial score (nSPS) is 25.3. The van der Waals surface area contributed by atoms with Crippen molar-refractivity contribution in [2.45, 2.75) is 63.9 Å². The van der Waals surface area contributed by atoms with Crippen LogP contribution >= 0.6 is 11.8 Å². The molecule has 4 rings (SSSR count). The van der Waals surface area contributed by atoms with Gasteiger partial charge >= 0.3 is 0 Å². The maximum Gasteiger partial charge on any atom is 0.209 e. The molecule has 2 bridgehead atoms. The summed E-state index contributed by atoms with van der Waals surface area (Å²) < 4.78 is 0. The van der Waals surface area contributed by atoms with Crippen LogP contribution in [0, 0.1) is 19.3 Å². The number of ketones is 1. The molecule has 1 aromatic heterocycles. The number of hydrogen-bond donors (Lipinski definition) is 0. The van der Waals surface area contributed by atoms with Gasteiger partial charge in [-0.15, -0.1) is 5.10 Å². The van der Waals surface area contributed by atoms with Crippen molar-refractivity contribution in [3.8, 4) is 0 Å². The van der Waals surface area contributed by atoms with Crippen molar-refractivity contribution < 1.29 is 4.79 Å². The summed E-state index contributed by atoms with van der Waals surface area (Å²) in [6.45, 7) is 11.0. The Bertz CT molecular complexity index is 908. The Hall–Kier alpha value is -1.75. The van der Waals surface area contributed by atoms with Gasteiger partial charge in [0.25, 0.3) is 0 Å². The van der Waals surface area contributed by atoms with Gasteiger partial charge < -0.3 is 0 Å². The van der Waals surface area contributed by atoms with Crippen molar-refractivity contribution in [2.75, 3.05) is 5.75 Å². The number of thioether (sulfide) groups is 1. The number of rotatable bonds is 4. The molecule has 5 heteroatoms. The molecule has 1 fully saturated rings. The fourth-order valence-electron chi connectivity index (χ4n) is 4.55. The first-order chi connectivity index (χ1) is 12.2. The van der Waals surface area contributed by atoms with E-state index in [0.717, 1.165) is 28.9 Å². The molecule has 2 atom stereocenters. The third-order valence-electron chi connectivity index (χ3n) is 6.93. The quantitative estimate of drug-likeness (QED) is 0.582. The number of carbonyl (C=O) groups is 1. The molecule has 0 amide bonds. The van der Waals surface area contributed by atoms with Gasteiger partial charge in [-0.25, -0.2) is 4.98 Å². The molecule has 2 aliphatic carbocycles. The summed E-state index contributed by atoms with van der Waals surface area (Å²) in [5.41, 5.74) is 5.52. The lowest BCUT2D eigenvalue weighted by Gasteiger charge is -2.33. The van der Waals surface area contributed by atoms with Gasteiger partial charge in [0, 0.05) is 16.9 Å². The molecule has 1 aromatic carbocycles. The largest absolute Gasteiger partial charge is 0.293 e. The zero-order chi connectivity index (χ0) is 18.7. The smallest absolute Gasteiger partial charge is 0.209 e. The van der Waals surface area contributed by atoms with Crippen LogP contribution < -0.4 is 0 Å². The zero-order valence-electron chi connectivity index (χ0n) is 16.1. The lowest BCUT2D eigenvalue weighted by Crippen LogP contribution is -2.32. The summed E-state index contributed by atoms with van der Waals surface area (Å²) in [4.78, 5) is 17.3. The third-order valence-corrected chi connectivity index (χ3v) is 7.77. The average Bonchev–Trinajstić information content (AvgIpc) is 2.94. The molecule has 0 aliphatic heterocycles. The van der Waals surface area contributed by atoms with Gasteiger partial charge in [-0.05, 0) is 49.3 Å². The summed E-state index contributed by atoms with van der Waals surface area (Å²) in [5, 5.41) is 9.44. The van der Waals surface area contributed by atoms with E-state index in [2.05, 4.69) is 37.9 Å². The van der Waals surface area contributed by atoms with Crippen LogP contribution in [-0.2, 0) is 5.41 Å². The van der Waals surface area contributed by atoms with E-state index in [4.69, 9.17) is 4.98 Å². The first kappa shape index (κ1) is 17.7. The van der Waals surface area contributed by atoms with Crippen molar-refractivity contribution >= 4 is 17.5 Å². The van der Waals surface area contributed by atoms with E-state index in [9.17, 15) is 4.79 Å².